The fraction of sp³-hybridized carbons (Fsp3) is 0.231. The van der Waals surface area contributed by atoms with Crippen molar-refractivity contribution >= 4 is 10.9 Å². The minimum absolute atomic E-state index is 0.445. The fourth-order valence-electron chi connectivity index (χ4n) is 1.51. The van der Waals surface area contributed by atoms with Gasteiger partial charge in [-0.1, -0.05) is 6.07 Å². The highest BCUT2D eigenvalue weighted by Crippen LogP contribution is 2.18. The molecule has 0 radical (unpaired) electrons. The van der Waals surface area contributed by atoms with E-state index in [-0.39, 0.29) is 0 Å². The van der Waals surface area contributed by atoms with Gasteiger partial charge in [0.05, 0.1) is 24.2 Å². The molecular formula is C13H13N3O. The molecule has 0 spiro atoms. The molecule has 0 aliphatic rings. The van der Waals surface area contributed by atoms with Gasteiger partial charge in [0.1, 0.15) is 5.75 Å². The summed E-state index contributed by atoms with van der Waals surface area (Å²) in [4.78, 5) is 4.23. The number of hydrogen-bond donors (Lipinski definition) is 1. The topological polar surface area (TPSA) is 71.9 Å². The molecule has 0 saturated heterocycles. The zero-order chi connectivity index (χ0) is 12.1. The first-order valence-corrected chi connectivity index (χ1v) is 5.42. The van der Waals surface area contributed by atoms with Crippen molar-refractivity contribution in [3.05, 3.63) is 36.5 Å². The van der Waals surface area contributed by atoms with Gasteiger partial charge in [0.15, 0.2) is 0 Å². The van der Waals surface area contributed by atoms with Crippen LogP contribution in [0, 0.1) is 11.3 Å². The molecule has 1 aromatic heterocycles. The molecule has 1 unspecified atom stereocenters. The second-order valence-electron chi connectivity index (χ2n) is 3.73. The number of fused-ring (bicyclic) bond motifs is 1. The minimum atomic E-state index is -0.461. The fourth-order valence-corrected chi connectivity index (χ4v) is 1.51. The summed E-state index contributed by atoms with van der Waals surface area (Å²) in [5, 5.41) is 9.57. The molecule has 4 heteroatoms. The molecule has 0 fully saturated rings. The van der Waals surface area contributed by atoms with E-state index in [1.807, 2.05) is 36.4 Å². The lowest BCUT2D eigenvalue weighted by Crippen LogP contribution is -2.20. The van der Waals surface area contributed by atoms with Crippen LogP contribution < -0.4 is 10.5 Å². The summed E-state index contributed by atoms with van der Waals surface area (Å²) in [6.45, 7) is 0.445. The van der Waals surface area contributed by atoms with Gasteiger partial charge >= 0.3 is 0 Å². The van der Waals surface area contributed by atoms with Crippen molar-refractivity contribution < 1.29 is 4.74 Å². The van der Waals surface area contributed by atoms with Crippen molar-refractivity contribution in [2.75, 3.05) is 6.61 Å². The van der Waals surface area contributed by atoms with Gasteiger partial charge in [0.25, 0.3) is 0 Å². The molecule has 2 rings (SSSR count). The van der Waals surface area contributed by atoms with Crippen LogP contribution in [0.3, 0.4) is 0 Å². The molecule has 0 saturated carbocycles. The predicted octanol–water partition coefficient (Wildman–Crippen LogP) is 1.85. The molecule has 4 nitrogen and oxygen atoms in total. The third kappa shape index (κ3) is 2.92. The summed E-state index contributed by atoms with van der Waals surface area (Å²) < 4.78 is 5.53. The average Bonchev–Trinajstić information content (AvgIpc) is 2.38. The van der Waals surface area contributed by atoms with Crippen molar-refractivity contribution in [3.8, 4) is 11.8 Å². The molecule has 0 aliphatic carbocycles. The molecule has 1 aromatic carbocycles. The van der Waals surface area contributed by atoms with Crippen LogP contribution >= 0.6 is 0 Å². The van der Waals surface area contributed by atoms with Crippen LogP contribution in [-0.2, 0) is 0 Å². The lowest BCUT2D eigenvalue weighted by molar-refractivity contribution is 0.306. The SMILES string of the molecule is N#CC(N)CCOc1ccc2ncccc2c1. The van der Waals surface area contributed by atoms with E-state index in [1.165, 1.54) is 0 Å². The standard InChI is InChI=1S/C13H13N3O/c14-9-11(15)5-7-17-12-3-4-13-10(8-12)2-1-6-16-13/h1-4,6,8,11H,5,7,15H2. The Morgan fingerprint density at radius 1 is 1.41 bits per heavy atom. The van der Waals surface area contributed by atoms with E-state index in [9.17, 15) is 0 Å². The Morgan fingerprint density at radius 3 is 3.12 bits per heavy atom. The minimum Gasteiger partial charge on any atom is -0.493 e. The Hall–Kier alpha value is -2.12. The zero-order valence-electron chi connectivity index (χ0n) is 9.34. The van der Waals surface area contributed by atoms with E-state index >= 15 is 0 Å². The number of aromatic nitrogens is 1. The van der Waals surface area contributed by atoms with Crippen LogP contribution in [0.4, 0.5) is 0 Å². The van der Waals surface area contributed by atoms with Gasteiger partial charge in [-0.2, -0.15) is 5.26 Å². The van der Waals surface area contributed by atoms with E-state index in [4.69, 9.17) is 15.7 Å². The zero-order valence-corrected chi connectivity index (χ0v) is 9.34. The maximum absolute atomic E-state index is 8.53. The normalized spacial score (nSPS) is 12.0. The Balaban J connectivity index is 2.02. The first kappa shape index (κ1) is 11.4. The Labute approximate surface area is 99.6 Å². The first-order chi connectivity index (χ1) is 8.29. The van der Waals surface area contributed by atoms with Crippen molar-refractivity contribution in [2.24, 2.45) is 5.73 Å². The molecule has 0 amide bonds. The number of hydrogen-bond acceptors (Lipinski definition) is 4. The number of benzene rings is 1. The number of nitrogens with zero attached hydrogens (tertiary/aromatic N) is 2. The third-order valence-corrected chi connectivity index (χ3v) is 2.44. The van der Waals surface area contributed by atoms with Crippen molar-refractivity contribution in [1.29, 1.82) is 5.26 Å². The van der Waals surface area contributed by atoms with E-state index in [1.54, 1.807) is 6.20 Å². The molecule has 1 heterocycles. The Morgan fingerprint density at radius 2 is 2.29 bits per heavy atom. The largest absolute Gasteiger partial charge is 0.493 e. The number of pyridine rings is 1. The average molecular weight is 227 g/mol. The van der Waals surface area contributed by atoms with Gasteiger partial charge in [0.2, 0.25) is 0 Å². The van der Waals surface area contributed by atoms with Crippen LogP contribution in [0.25, 0.3) is 10.9 Å². The first-order valence-electron chi connectivity index (χ1n) is 5.42. The van der Waals surface area contributed by atoms with Crippen LogP contribution in [0.5, 0.6) is 5.75 Å². The lowest BCUT2D eigenvalue weighted by Gasteiger charge is -2.07. The molecular weight excluding hydrogens is 214 g/mol. The van der Waals surface area contributed by atoms with Crippen LogP contribution in [0.15, 0.2) is 36.5 Å². The quantitative estimate of drug-likeness (QED) is 0.865. The van der Waals surface area contributed by atoms with Crippen molar-refractivity contribution in [1.82, 2.24) is 4.98 Å². The lowest BCUT2D eigenvalue weighted by atomic mass is 10.2. The van der Waals surface area contributed by atoms with E-state index in [0.717, 1.165) is 16.7 Å². The van der Waals surface area contributed by atoms with Crippen LogP contribution in [-0.4, -0.2) is 17.6 Å². The summed E-state index contributed by atoms with van der Waals surface area (Å²) in [5.41, 5.74) is 6.42. The summed E-state index contributed by atoms with van der Waals surface area (Å²) in [6, 6.07) is 11.1. The third-order valence-electron chi connectivity index (χ3n) is 2.44. The van der Waals surface area contributed by atoms with E-state index in [0.29, 0.717) is 13.0 Å². The van der Waals surface area contributed by atoms with Crippen molar-refractivity contribution in [2.45, 2.75) is 12.5 Å². The van der Waals surface area contributed by atoms with Gasteiger partial charge < -0.3 is 10.5 Å². The van der Waals surface area contributed by atoms with Gasteiger partial charge in [-0.3, -0.25) is 4.98 Å². The number of rotatable bonds is 4. The summed E-state index contributed by atoms with van der Waals surface area (Å²) in [6.07, 6.45) is 2.29. The maximum atomic E-state index is 8.53. The van der Waals surface area contributed by atoms with Gasteiger partial charge in [0, 0.05) is 18.0 Å². The number of nitriles is 1. The van der Waals surface area contributed by atoms with Crippen LogP contribution in [0.1, 0.15) is 6.42 Å². The summed E-state index contributed by atoms with van der Waals surface area (Å²) in [7, 11) is 0. The highest BCUT2D eigenvalue weighted by Gasteiger charge is 2.01. The predicted molar refractivity (Wildman–Crippen MR) is 65.4 cm³/mol. The monoisotopic (exact) mass is 227 g/mol. The number of nitrogens with two attached hydrogens (primary N) is 1. The van der Waals surface area contributed by atoms with Gasteiger partial charge in [-0.15, -0.1) is 0 Å². The molecule has 86 valence electrons. The summed E-state index contributed by atoms with van der Waals surface area (Å²) in [5.74, 6) is 0.774. The molecule has 2 N–H and O–H groups in total. The molecule has 1 atom stereocenters. The van der Waals surface area contributed by atoms with E-state index < -0.39 is 6.04 Å². The molecule has 2 aromatic rings. The van der Waals surface area contributed by atoms with Crippen molar-refractivity contribution in [3.63, 3.8) is 0 Å². The Kier molecular flexibility index (Phi) is 3.53. The Bertz CT molecular complexity index is 548. The number of ether oxygens (including phenoxy) is 1. The molecule has 0 aliphatic heterocycles. The van der Waals surface area contributed by atoms with Crippen LogP contribution in [0.2, 0.25) is 0 Å². The highest BCUT2D eigenvalue weighted by atomic mass is 16.5. The maximum Gasteiger partial charge on any atom is 0.120 e. The molecule has 17 heavy (non-hydrogen) atoms. The highest BCUT2D eigenvalue weighted by molar-refractivity contribution is 5.79. The smallest absolute Gasteiger partial charge is 0.120 e. The molecule has 0 bridgehead atoms. The van der Waals surface area contributed by atoms with Gasteiger partial charge in [-0.25, -0.2) is 0 Å². The second kappa shape index (κ2) is 5.28. The second-order valence-corrected chi connectivity index (χ2v) is 3.73. The van der Waals surface area contributed by atoms with Gasteiger partial charge in [-0.05, 0) is 24.3 Å². The van der Waals surface area contributed by atoms with E-state index in [2.05, 4.69) is 4.98 Å². The summed E-state index contributed by atoms with van der Waals surface area (Å²) >= 11 is 0.